The van der Waals surface area contributed by atoms with E-state index in [4.69, 9.17) is 9.72 Å². The number of amides is 1. The molecule has 0 saturated carbocycles. The van der Waals surface area contributed by atoms with Gasteiger partial charge in [0.1, 0.15) is 10.6 Å². The lowest BCUT2D eigenvalue weighted by atomic mass is 10.1. The molecule has 0 spiro atoms. The monoisotopic (exact) mass is 534 g/mol. The number of anilines is 1. The van der Waals surface area contributed by atoms with Crippen molar-refractivity contribution in [2.75, 3.05) is 30.8 Å². The Morgan fingerprint density at radius 2 is 1.89 bits per heavy atom. The highest BCUT2D eigenvalue weighted by Gasteiger charge is 2.25. The number of benzene rings is 2. The van der Waals surface area contributed by atoms with Gasteiger partial charge in [0.25, 0.3) is 5.56 Å². The van der Waals surface area contributed by atoms with Crippen LogP contribution in [0.5, 0.6) is 5.75 Å². The third-order valence-electron chi connectivity index (χ3n) is 6.44. The van der Waals surface area contributed by atoms with Crippen LogP contribution < -0.4 is 15.6 Å². The van der Waals surface area contributed by atoms with E-state index in [0.29, 0.717) is 17.5 Å². The Kier molecular flexibility index (Phi) is 7.64. The molecule has 0 saturated heterocycles. The summed E-state index contributed by atoms with van der Waals surface area (Å²) in [4.78, 5) is 36.0. The minimum atomic E-state index is -0.164. The van der Waals surface area contributed by atoms with Gasteiger partial charge in [-0.1, -0.05) is 36.4 Å². The van der Waals surface area contributed by atoms with E-state index in [9.17, 15) is 9.59 Å². The van der Waals surface area contributed by atoms with Crippen LogP contribution >= 0.6 is 23.1 Å². The summed E-state index contributed by atoms with van der Waals surface area (Å²) in [6.45, 7) is 9.48. The van der Waals surface area contributed by atoms with Crippen LogP contribution in [0.15, 0.2) is 58.5 Å². The number of ether oxygens (including phenoxy) is 1. The summed E-state index contributed by atoms with van der Waals surface area (Å²) in [7, 11) is 0. The molecule has 1 amide bonds. The van der Waals surface area contributed by atoms with E-state index >= 15 is 0 Å². The number of nitrogens with one attached hydrogen (secondary N) is 1. The molecule has 7 nitrogen and oxygen atoms in total. The molecule has 0 atom stereocenters. The van der Waals surface area contributed by atoms with Crippen molar-refractivity contribution in [1.82, 2.24) is 14.5 Å². The van der Waals surface area contributed by atoms with Crippen molar-refractivity contribution < 1.29 is 9.53 Å². The number of carbonyl (C=O) groups excluding carboxylic acids is 1. The van der Waals surface area contributed by atoms with Crippen LogP contribution in [0.2, 0.25) is 0 Å². The molecule has 192 valence electrons. The molecule has 2 aromatic carbocycles. The predicted molar refractivity (Wildman–Crippen MR) is 152 cm³/mol. The number of aryl methyl sites for hydroxylation is 1. The fraction of sp³-hybridized carbons (Fsp3) is 0.321. The van der Waals surface area contributed by atoms with Gasteiger partial charge in [0.05, 0.1) is 23.4 Å². The Labute approximate surface area is 224 Å². The van der Waals surface area contributed by atoms with E-state index in [-0.39, 0.29) is 17.2 Å². The maximum Gasteiger partial charge on any atom is 0.267 e. The maximum absolute atomic E-state index is 13.9. The molecule has 3 heterocycles. The molecule has 1 aliphatic heterocycles. The second kappa shape index (κ2) is 11.1. The summed E-state index contributed by atoms with van der Waals surface area (Å²) in [5.74, 6) is 0.726. The summed E-state index contributed by atoms with van der Waals surface area (Å²) >= 11 is 2.88. The first-order valence-electron chi connectivity index (χ1n) is 12.5. The van der Waals surface area contributed by atoms with Crippen LogP contribution in [0.1, 0.15) is 29.9 Å². The largest absolute Gasteiger partial charge is 0.494 e. The Hall–Kier alpha value is -3.14. The average molecular weight is 535 g/mol. The van der Waals surface area contributed by atoms with Gasteiger partial charge in [0.15, 0.2) is 5.16 Å². The lowest BCUT2D eigenvalue weighted by Crippen LogP contribution is -2.30. The quantitative estimate of drug-likeness (QED) is 0.245. The number of thiophene rings is 1. The van der Waals surface area contributed by atoms with Crippen molar-refractivity contribution in [3.8, 4) is 11.4 Å². The molecule has 1 N–H and O–H groups in total. The minimum Gasteiger partial charge on any atom is -0.494 e. The van der Waals surface area contributed by atoms with Crippen molar-refractivity contribution in [1.29, 1.82) is 0 Å². The minimum absolute atomic E-state index is 0.0641. The number of likely N-dealkylation sites (N-methyl/N-ethyl adjacent to an activating group) is 1. The molecular formula is C28H30N4O3S2. The first-order chi connectivity index (χ1) is 18.0. The lowest BCUT2D eigenvalue weighted by Gasteiger charge is -2.25. The molecule has 0 radical (unpaired) electrons. The molecule has 0 aliphatic carbocycles. The van der Waals surface area contributed by atoms with Crippen LogP contribution in [0.25, 0.3) is 15.9 Å². The third-order valence-corrected chi connectivity index (χ3v) is 8.49. The molecule has 0 fully saturated rings. The number of hydrogen-bond donors (Lipinski definition) is 1. The van der Waals surface area contributed by atoms with Gasteiger partial charge < -0.3 is 10.1 Å². The first-order valence-corrected chi connectivity index (χ1v) is 14.3. The molecular weight excluding hydrogens is 504 g/mol. The van der Waals surface area contributed by atoms with E-state index in [2.05, 4.69) is 17.1 Å². The fourth-order valence-electron chi connectivity index (χ4n) is 4.49. The number of carbonyl (C=O) groups is 1. The summed E-state index contributed by atoms with van der Waals surface area (Å²) in [5, 5.41) is 4.16. The van der Waals surface area contributed by atoms with Gasteiger partial charge >= 0.3 is 0 Å². The fourth-order valence-corrected chi connectivity index (χ4v) is 6.61. The molecule has 9 heteroatoms. The van der Waals surface area contributed by atoms with Crippen molar-refractivity contribution in [3.05, 3.63) is 74.9 Å². The number of thioether (sulfide) groups is 1. The van der Waals surface area contributed by atoms with E-state index < -0.39 is 0 Å². The highest BCUT2D eigenvalue weighted by molar-refractivity contribution is 7.99. The molecule has 0 bridgehead atoms. The predicted octanol–water partition coefficient (Wildman–Crippen LogP) is 5.26. The van der Waals surface area contributed by atoms with Crippen molar-refractivity contribution in [2.24, 2.45) is 0 Å². The normalized spacial score (nSPS) is 13.5. The van der Waals surface area contributed by atoms with Gasteiger partial charge in [-0.3, -0.25) is 19.1 Å². The summed E-state index contributed by atoms with van der Waals surface area (Å²) in [6, 6.07) is 15.1. The first kappa shape index (κ1) is 25.5. The van der Waals surface area contributed by atoms with Gasteiger partial charge in [-0.15, -0.1) is 11.3 Å². The van der Waals surface area contributed by atoms with Crippen molar-refractivity contribution in [2.45, 2.75) is 38.9 Å². The summed E-state index contributed by atoms with van der Waals surface area (Å²) in [5.41, 5.74) is 3.63. The Morgan fingerprint density at radius 1 is 1.14 bits per heavy atom. The number of aromatic nitrogens is 2. The number of rotatable bonds is 8. The number of nitrogens with zero attached hydrogens (tertiary/aromatic N) is 3. The summed E-state index contributed by atoms with van der Waals surface area (Å²) in [6.07, 6.45) is 0.852. The SMILES string of the molecule is CCOc1ccc(NC(=O)CSc2nc3sc4c(c3c(=O)n2-c2ccc(C)cc2)CCN(CC)C4)cc1. The maximum atomic E-state index is 13.9. The van der Waals surface area contributed by atoms with E-state index in [0.717, 1.165) is 58.8 Å². The smallest absolute Gasteiger partial charge is 0.267 e. The second-order valence-corrected chi connectivity index (χ2v) is 11.0. The Balaban J connectivity index is 1.46. The Morgan fingerprint density at radius 3 is 2.59 bits per heavy atom. The highest BCUT2D eigenvalue weighted by atomic mass is 32.2. The zero-order valence-electron chi connectivity index (χ0n) is 21.2. The molecule has 5 rings (SSSR count). The Bertz CT molecular complexity index is 1480. The van der Waals surface area contributed by atoms with E-state index in [1.54, 1.807) is 15.9 Å². The van der Waals surface area contributed by atoms with Crippen molar-refractivity contribution >= 4 is 44.9 Å². The molecule has 37 heavy (non-hydrogen) atoms. The number of fused-ring (bicyclic) bond motifs is 3. The average Bonchev–Trinajstić information content (AvgIpc) is 3.27. The van der Waals surface area contributed by atoms with Crippen LogP contribution in [0.4, 0.5) is 5.69 Å². The van der Waals surface area contributed by atoms with Crippen LogP contribution in [0, 0.1) is 6.92 Å². The summed E-state index contributed by atoms with van der Waals surface area (Å²) < 4.78 is 7.13. The van der Waals surface area contributed by atoms with Gasteiger partial charge in [-0.25, -0.2) is 4.98 Å². The lowest BCUT2D eigenvalue weighted by molar-refractivity contribution is -0.113. The van der Waals surface area contributed by atoms with Gasteiger partial charge in [-0.2, -0.15) is 0 Å². The van der Waals surface area contributed by atoms with Crippen LogP contribution in [0.3, 0.4) is 0 Å². The van der Waals surface area contributed by atoms with E-state index in [1.165, 1.54) is 16.6 Å². The van der Waals surface area contributed by atoms with Gasteiger partial charge in [-0.05, 0) is 68.8 Å². The van der Waals surface area contributed by atoms with Gasteiger partial charge in [0, 0.05) is 23.7 Å². The van der Waals surface area contributed by atoms with E-state index in [1.807, 2.05) is 62.4 Å². The third kappa shape index (κ3) is 5.44. The zero-order valence-corrected chi connectivity index (χ0v) is 22.9. The van der Waals surface area contributed by atoms with Crippen LogP contribution in [-0.4, -0.2) is 45.8 Å². The van der Waals surface area contributed by atoms with Gasteiger partial charge in [0.2, 0.25) is 5.91 Å². The van der Waals surface area contributed by atoms with Crippen molar-refractivity contribution in [3.63, 3.8) is 0 Å². The highest BCUT2D eigenvalue weighted by Crippen LogP contribution is 2.34. The number of hydrogen-bond acceptors (Lipinski definition) is 7. The topological polar surface area (TPSA) is 76.5 Å². The second-order valence-electron chi connectivity index (χ2n) is 8.97. The van der Waals surface area contributed by atoms with Crippen LogP contribution in [-0.2, 0) is 17.8 Å². The molecule has 0 unspecified atom stereocenters. The molecule has 4 aromatic rings. The standard InChI is InChI=1S/C28H30N4O3S2/c1-4-31-15-14-22-23(16-31)37-26-25(22)27(34)32(20-10-6-18(3)7-11-20)28(30-26)36-17-24(33)29-19-8-12-21(13-9-19)35-5-2/h6-13H,4-5,14-17H2,1-3H3,(H,29,33). The zero-order chi connectivity index (χ0) is 25.9. The molecule has 1 aliphatic rings. The molecule has 2 aromatic heterocycles.